The van der Waals surface area contributed by atoms with Crippen molar-refractivity contribution in [2.75, 3.05) is 0 Å². The van der Waals surface area contributed by atoms with E-state index in [1.807, 2.05) is 0 Å². The van der Waals surface area contributed by atoms with Gasteiger partial charge in [0.25, 0.3) is 0 Å². The number of carbonyl (C=O) groups is 1. The Labute approximate surface area is 124 Å². The summed E-state index contributed by atoms with van der Waals surface area (Å²) in [5.41, 5.74) is 0. The molecule has 0 unspecified atom stereocenters. The van der Waals surface area contributed by atoms with Crippen LogP contribution in [0.4, 0.5) is 0 Å². The molecule has 0 fully saturated rings. The van der Waals surface area contributed by atoms with Crippen molar-refractivity contribution in [3.8, 4) is 0 Å². The van der Waals surface area contributed by atoms with Crippen LogP contribution in [0.3, 0.4) is 0 Å². The summed E-state index contributed by atoms with van der Waals surface area (Å²) in [6, 6.07) is 7.04. The smallest absolute Gasteiger partial charge is 0.220 e. The van der Waals surface area contributed by atoms with Crippen LogP contribution in [-0.4, -0.2) is 15.1 Å². The minimum Gasteiger partial charge on any atom is -0.340 e. The molecule has 1 amide bonds. The van der Waals surface area contributed by atoms with Gasteiger partial charge in [0.2, 0.25) is 9.70 Å². The van der Waals surface area contributed by atoms with Gasteiger partial charge in [0.1, 0.15) is 5.37 Å². The van der Waals surface area contributed by atoms with Crippen LogP contribution in [0, 0.1) is 0 Å². The Balaban J connectivity index is 2.79. The molecule has 0 aliphatic rings. The van der Waals surface area contributed by atoms with Gasteiger partial charge in [-0.3, -0.25) is 4.79 Å². The Kier molecular flexibility index (Phi) is 5.74. The maximum atomic E-state index is 11.0. The standard InChI is InChI=1S/C10H9Cl4NOS/c1-6(16)15-9(10(12,13)14)17-8-4-2-7(11)3-5-8/h2-5,9H,1H3,(H,15,16)/t9-/m1/s1. The molecule has 1 aromatic carbocycles. The van der Waals surface area contributed by atoms with Gasteiger partial charge in [-0.2, -0.15) is 0 Å². The number of nitrogens with one attached hydrogen (secondary N) is 1. The zero-order chi connectivity index (χ0) is 13.1. The molecule has 0 aromatic heterocycles. The molecule has 0 aliphatic carbocycles. The molecule has 2 nitrogen and oxygen atoms in total. The predicted octanol–water partition coefficient (Wildman–Crippen LogP) is 4.26. The Morgan fingerprint density at radius 2 is 1.82 bits per heavy atom. The van der Waals surface area contributed by atoms with Crippen LogP contribution in [0.1, 0.15) is 6.92 Å². The lowest BCUT2D eigenvalue weighted by atomic mass is 10.4. The number of halogens is 4. The average Bonchev–Trinajstić information content (AvgIpc) is 2.18. The minimum atomic E-state index is -1.59. The molecule has 1 rings (SSSR count). The van der Waals surface area contributed by atoms with Gasteiger partial charge in [0.15, 0.2) is 0 Å². The van der Waals surface area contributed by atoms with Crippen LogP contribution in [0.25, 0.3) is 0 Å². The highest BCUT2D eigenvalue weighted by Gasteiger charge is 2.34. The summed E-state index contributed by atoms with van der Waals surface area (Å²) in [7, 11) is 0. The van der Waals surface area contributed by atoms with Crippen LogP contribution >= 0.6 is 58.2 Å². The number of benzene rings is 1. The van der Waals surface area contributed by atoms with Crippen molar-refractivity contribution in [1.82, 2.24) is 5.32 Å². The summed E-state index contributed by atoms with van der Waals surface area (Å²) in [6.45, 7) is 1.37. The van der Waals surface area contributed by atoms with Crippen molar-refractivity contribution in [1.29, 1.82) is 0 Å². The van der Waals surface area contributed by atoms with E-state index in [1.54, 1.807) is 24.3 Å². The van der Waals surface area contributed by atoms with E-state index in [0.717, 1.165) is 4.90 Å². The highest BCUT2D eigenvalue weighted by molar-refractivity contribution is 8.00. The summed E-state index contributed by atoms with van der Waals surface area (Å²) < 4.78 is -1.59. The molecule has 1 atom stereocenters. The molecule has 0 bridgehead atoms. The van der Waals surface area contributed by atoms with E-state index < -0.39 is 9.17 Å². The quantitative estimate of drug-likeness (QED) is 0.509. The van der Waals surface area contributed by atoms with Gasteiger partial charge in [-0.1, -0.05) is 58.2 Å². The summed E-state index contributed by atoms with van der Waals surface area (Å²) in [5.74, 6) is -0.261. The van der Waals surface area contributed by atoms with E-state index in [4.69, 9.17) is 46.4 Å². The summed E-state index contributed by atoms with van der Waals surface area (Å²) in [6.07, 6.45) is 0. The molecule has 0 saturated carbocycles. The van der Waals surface area contributed by atoms with E-state index in [-0.39, 0.29) is 5.91 Å². The van der Waals surface area contributed by atoms with Crippen molar-refractivity contribution in [2.45, 2.75) is 21.0 Å². The van der Waals surface area contributed by atoms with E-state index >= 15 is 0 Å². The molecule has 0 heterocycles. The van der Waals surface area contributed by atoms with E-state index in [9.17, 15) is 4.79 Å². The lowest BCUT2D eigenvalue weighted by molar-refractivity contribution is -0.119. The van der Waals surface area contributed by atoms with Crippen LogP contribution in [0.15, 0.2) is 29.2 Å². The van der Waals surface area contributed by atoms with E-state index in [2.05, 4.69) is 5.32 Å². The zero-order valence-electron chi connectivity index (χ0n) is 8.72. The lowest BCUT2D eigenvalue weighted by Crippen LogP contribution is -2.40. The van der Waals surface area contributed by atoms with Crippen LogP contribution in [0.5, 0.6) is 0 Å². The summed E-state index contributed by atoms with van der Waals surface area (Å²) >= 11 is 24.4. The van der Waals surface area contributed by atoms with Crippen LogP contribution in [-0.2, 0) is 4.79 Å². The van der Waals surface area contributed by atoms with Crippen LogP contribution < -0.4 is 5.32 Å². The Morgan fingerprint density at radius 1 is 1.29 bits per heavy atom. The SMILES string of the molecule is CC(=O)N[C@H](Sc1ccc(Cl)cc1)C(Cl)(Cl)Cl. The first kappa shape index (κ1) is 15.3. The monoisotopic (exact) mass is 331 g/mol. The van der Waals surface area contributed by atoms with Crippen LogP contribution in [0.2, 0.25) is 5.02 Å². The number of amides is 1. The fraction of sp³-hybridized carbons (Fsp3) is 0.300. The third-order valence-corrected chi connectivity index (χ3v) is 4.25. The Hall–Kier alpha value is 0.200. The minimum absolute atomic E-state index is 0.261. The zero-order valence-corrected chi connectivity index (χ0v) is 12.6. The van der Waals surface area contributed by atoms with Gasteiger partial charge in [-0.15, -0.1) is 0 Å². The Bertz CT molecular complexity index is 390. The molecule has 1 N–H and O–H groups in total. The molecule has 7 heteroatoms. The number of carbonyl (C=O) groups excluding carboxylic acids is 1. The molecule has 0 saturated heterocycles. The van der Waals surface area contributed by atoms with Crippen molar-refractivity contribution in [3.05, 3.63) is 29.3 Å². The van der Waals surface area contributed by atoms with Gasteiger partial charge >= 0.3 is 0 Å². The molecule has 0 spiro atoms. The number of thioether (sulfide) groups is 1. The second-order valence-corrected chi connectivity index (χ2v) is 7.18. The highest BCUT2D eigenvalue weighted by Crippen LogP contribution is 2.39. The first-order valence-corrected chi connectivity index (χ1v) is 6.94. The molecular formula is C10H9Cl4NOS. The molecule has 94 valence electrons. The molecule has 0 aliphatic heterocycles. The number of hydrogen-bond donors (Lipinski definition) is 1. The number of hydrogen-bond acceptors (Lipinski definition) is 2. The predicted molar refractivity (Wildman–Crippen MR) is 75.2 cm³/mol. The van der Waals surface area contributed by atoms with Crippen molar-refractivity contribution >= 4 is 64.1 Å². The van der Waals surface area contributed by atoms with Crippen molar-refractivity contribution in [2.24, 2.45) is 0 Å². The van der Waals surface area contributed by atoms with Gasteiger partial charge in [0, 0.05) is 16.8 Å². The highest BCUT2D eigenvalue weighted by atomic mass is 35.6. The third-order valence-electron chi connectivity index (χ3n) is 1.70. The maximum Gasteiger partial charge on any atom is 0.220 e. The molecule has 0 radical (unpaired) electrons. The number of alkyl halides is 3. The second kappa shape index (κ2) is 6.39. The largest absolute Gasteiger partial charge is 0.340 e. The fourth-order valence-corrected chi connectivity index (χ4v) is 2.63. The summed E-state index contributed by atoms with van der Waals surface area (Å²) in [5, 5.41) is 2.54. The third kappa shape index (κ3) is 5.58. The first-order valence-electron chi connectivity index (χ1n) is 4.55. The normalized spacial score (nSPS) is 13.2. The number of rotatable bonds is 3. The summed E-state index contributed by atoms with van der Waals surface area (Å²) in [4.78, 5) is 11.9. The van der Waals surface area contributed by atoms with E-state index in [1.165, 1.54) is 18.7 Å². The lowest BCUT2D eigenvalue weighted by Gasteiger charge is -2.24. The molecule has 17 heavy (non-hydrogen) atoms. The topological polar surface area (TPSA) is 29.1 Å². The fourth-order valence-electron chi connectivity index (χ4n) is 1.01. The average molecular weight is 333 g/mol. The second-order valence-electron chi connectivity index (χ2n) is 3.19. The van der Waals surface area contributed by atoms with Gasteiger partial charge in [-0.25, -0.2) is 0 Å². The van der Waals surface area contributed by atoms with E-state index in [0.29, 0.717) is 5.02 Å². The Morgan fingerprint density at radius 3 is 2.24 bits per heavy atom. The van der Waals surface area contributed by atoms with Crippen molar-refractivity contribution in [3.63, 3.8) is 0 Å². The first-order chi connectivity index (χ1) is 7.79. The molecule has 1 aromatic rings. The van der Waals surface area contributed by atoms with Gasteiger partial charge in [-0.05, 0) is 24.3 Å². The maximum absolute atomic E-state index is 11.0. The van der Waals surface area contributed by atoms with Gasteiger partial charge < -0.3 is 5.32 Å². The van der Waals surface area contributed by atoms with Gasteiger partial charge in [0.05, 0.1) is 0 Å². The molecular weight excluding hydrogens is 324 g/mol. The van der Waals surface area contributed by atoms with Crippen molar-refractivity contribution < 1.29 is 4.79 Å².